The second kappa shape index (κ2) is 5.57. The van der Waals surface area contributed by atoms with Crippen molar-refractivity contribution in [3.05, 3.63) is 33.8 Å². The molecule has 94 valence electrons. The van der Waals surface area contributed by atoms with Gasteiger partial charge in [-0.2, -0.15) is 0 Å². The molecule has 1 aromatic carbocycles. The second-order valence-electron chi connectivity index (χ2n) is 4.83. The van der Waals surface area contributed by atoms with Crippen LogP contribution in [0.2, 0.25) is 10.0 Å². The lowest BCUT2D eigenvalue weighted by Gasteiger charge is -2.32. The van der Waals surface area contributed by atoms with Crippen molar-refractivity contribution in [2.45, 2.75) is 32.6 Å². The van der Waals surface area contributed by atoms with E-state index in [9.17, 15) is 0 Å². The lowest BCUT2D eigenvalue weighted by atomic mass is 10.1. The van der Waals surface area contributed by atoms with E-state index in [2.05, 4.69) is 13.8 Å². The summed E-state index contributed by atoms with van der Waals surface area (Å²) in [6, 6.07) is 5.73. The van der Waals surface area contributed by atoms with Crippen LogP contribution in [0.5, 0.6) is 0 Å². The fraction of sp³-hybridized carbons (Fsp3) is 0.538. The van der Waals surface area contributed by atoms with Crippen molar-refractivity contribution in [3.63, 3.8) is 0 Å². The van der Waals surface area contributed by atoms with Gasteiger partial charge >= 0.3 is 0 Å². The number of hydrogen-bond donors (Lipinski definition) is 1. The fourth-order valence-corrected chi connectivity index (χ4v) is 2.94. The molecular formula is C13H18Cl2NO+. The number of quaternary nitrogens is 1. The largest absolute Gasteiger partial charge is 0.364 e. The number of morpholine rings is 1. The number of ether oxygens (including phenoxy) is 1. The predicted molar refractivity (Wildman–Crippen MR) is 70.9 cm³/mol. The molecule has 1 aromatic rings. The maximum atomic E-state index is 6.19. The van der Waals surface area contributed by atoms with Crippen LogP contribution >= 0.6 is 23.2 Å². The highest BCUT2D eigenvalue weighted by Gasteiger charge is 2.25. The number of benzene rings is 1. The Balaban J connectivity index is 2.04. The molecule has 17 heavy (non-hydrogen) atoms. The van der Waals surface area contributed by atoms with Gasteiger partial charge in [0.25, 0.3) is 0 Å². The summed E-state index contributed by atoms with van der Waals surface area (Å²) in [6.07, 6.45) is 0.639. The van der Waals surface area contributed by atoms with Gasteiger partial charge in [-0.1, -0.05) is 29.3 Å². The van der Waals surface area contributed by atoms with Crippen LogP contribution < -0.4 is 4.90 Å². The van der Waals surface area contributed by atoms with Gasteiger partial charge < -0.3 is 9.64 Å². The van der Waals surface area contributed by atoms with Gasteiger partial charge in [-0.25, -0.2) is 0 Å². The van der Waals surface area contributed by atoms with E-state index in [0.29, 0.717) is 17.2 Å². The number of halogens is 2. The van der Waals surface area contributed by atoms with Crippen molar-refractivity contribution < 1.29 is 9.64 Å². The molecule has 0 amide bonds. The standard InChI is InChI=1S/C13H17Cl2NO/c1-9-6-16(7-10(2)17-9)8-11-3-4-12(14)5-13(11)15/h3-5,9-10H,6-8H2,1-2H3/p+1/t9-,10+. The van der Waals surface area contributed by atoms with Gasteiger partial charge in [-0.05, 0) is 26.0 Å². The second-order valence-corrected chi connectivity index (χ2v) is 5.67. The first-order valence-corrected chi connectivity index (χ1v) is 6.73. The Morgan fingerprint density at radius 1 is 1.24 bits per heavy atom. The Labute approximate surface area is 112 Å². The Morgan fingerprint density at radius 2 is 1.88 bits per heavy atom. The summed E-state index contributed by atoms with van der Waals surface area (Å²) in [6.45, 7) is 7.25. The molecule has 1 heterocycles. The van der Waals surface area contributed by atoms with Gasteiger partial charge in [0.2, 0.25) is 0 Å². The smallest absolute Gasteiger partial charge is 0.104 e. The molecule has 1 fully saturated rings. The van der Waals surface area contributed by atoms with Crippen LogP contribution in [0.25, 0.3) is 0 Å². The molecule has 1 aliphatic heterocycles. The van der Waals surface area contributed by atoms with Gasteiger partial charge in [0, 0.05) is 10.6 Å². The molecule has 2 rings (SSSR count). The minimum Gasteiger partial charge on any atom is -0.364 e. The molecule has 1 saturated heterocycles. The van der Waals surface area contributed by atoms with Crippen LogP contribution in [0.15, 0.2) is 18.2 Å². The monoisotopic (exact) mass is 274 g/mol. The van der Waals surface area contributed by atoms with E-state index >= 15 is 0 Å². The molecule has 1 aliphatic rings. The molecule has 4 heteroatoms. The molecule has 0 spiro atoms. The number of rotatable bonds is 2. The lowest BCUT2D eigenvalue weighted by molar-refractivity contribution is -0.928. The van der Waals surface area contributed by atoms with E-state index in [4.69, 9.17) is 27.9 Å². The predicted octanol–water partition coefficient (Wildman–Crippen LogP) is 2.19. The topological polar surface area (TPSA) is 13.7 Å². The van der Waals surface area contributed by atoms with Gasteiger partial charge in [0.05, 0.1) is 5.02 Å². The summed E-state index contributed by atoms with van der Waals surface area (Å²) >= 11 is 12.1. The van der Waals surface area contributed by atoms with E-state index in [1.807, 2.05) is 18.2 Å². The molecule has 0 radical (unpaired) electrons. The Hall–Kier alpha value is -0.280. The third-order valence-corrected chi connectivity index (χ3v) is 3.66. The summed E-state index contributed by atoms with van der Waals surface area (Å²) in [5.74, 6) is 0. The maximum Gasteiger partial charge on any atom is 0.104 e. The van der Waals surface area contributed by atoms with Crippen molar-refractivity contribution in [2.24, 2.45) is 0 Å². The van der Waals surface area contributed by atoms with Crippen molar-refractivity contribution in [2.75, 3.05) is 13.1 Å². The molecule has 1 N–H and O–H groups in total. The first kappa shape index (κ1) is 13.2. The van der Waals surface area contributed by atoms with Crippen molar-refractivity contribution in [1.82, 2.24) is 0 Å². The highest BCUT2D eigenvalue weighted by molar-refractivity contribution is 6.35. The van der Waals surface area contributed by atoms with E-state index in [0.717, 1.165) is 30.2 Å². The zero-order valence-electron chi connectivity index (χ0n) is 10.2. The molecule has 3 atom stereocenters. The van der Waals surface area contributed by atoms with E-state index in [1.54, 1.807) is 0 Å². The zero-order chi connectivity index (χ0) is 12.4. The summed E-state index contributed by atoms with van der Waals surface area (Å²) in [5, 5.41) is 1.45. The highest BCUT2D eigenvalue weighted by atomic mass is 35.5. The summed E-state index contributed by atoms with van der Waals surface area (Å²) in [4.78, 5) is 1.51. The molecule has 1 unspecified atom stereocenters. The molecular weight excluding hydrogens is 257 g/mol. The quantitative estimate of drug-likeness (QED) is 0.873. The zero-order valence-corrected chi connectivity index (χ0v) is 11.7. The van der Waals surface area contributed by atoms with Crippen molar-refractivity contribution in [1.29, 1.82) is 0 Å². The van der Waals surface area contributed by atoms with Gasteiger partial charge in [-0.15, -0.1) is 0 Å². The van der Waals surface area contributed by atoms with E-state index in [1.165, 1.54) is 4.90 Å². The van der Waals surface area contributed by atoms with Crippen LogP contribution in [-0.4, -0.2) is 25.3 Å². The normalized spacial score (nSPS) is 29.3. The van der Waals surface area contributed by atoms with Crippen LogP contribution in [0.1, 0.15) is 19.4 Å². The van der Waals surface area contributed by atoms with Gasteiger partial charge in [0.15, 0.2) is 0 Å². The Bertz CT molecular complexity index is 387. The van der Waals surface area contributed by atoms with E-state index < -0.39 is 0 Å². The minimum absolute atomic E-state index is 0.319. The number of hydrogen-bond acceptors (Lipinski definition) is 1. The van der Waals surface area contributed by atoms with Crippen LogP contribution in [-0.2, 0) is 11.3 Å². The average molecular weight is 275 g/mol. The SMILES string of the molecule is C[C@@H]1C[NH+](Cc2ccc(Cl)cc2Cl)C[C@H](C)O1. The van der Waals surface area contributed by atoms with Gasteiger partial charge in [-0.3, -0.25) is 0 Å². The Kier molecular flexibility index (Phi) is 4.31. The van der Waals surface area contributed by atoms with Crippen LogP contribution in [0.4, 0.5) is 0 Å². The van der Waals surface area contributed by atoms with E-state index in [-0.39, 0.29) is 0 Å². The third kappa shape index (κ3) is 3.59. The summed E-state index contributed by atoms with van der Waals surface area (Å²) < 4.78 is 5.73. The highest BCUT2D eigenvalue weighted by Crippen LogP contribution is 2.20. The summed E-state index contributed by atoms with van der Waals surface area (Å²) in [7, 11) is 0. The molecule has 0 aliphatic carbocycles. The minimum atomic E-state index is 0.319. The lowest BCUT2D eigenvalue weighted by Crippen LogP contribution is -3.14. The van der Waals surface area contributed by atoms with Crippen molar-refractivity contribution in [3.8, 4) is 0 Å². The number of nitrogens with one attached hydrogen (secondary N) is 1. The molecule has 0 aromatic heterocycles. The first-order chi connectivity index (χ1) is 8.04. The summed E-state index contributed by atoms with van der Waals surface area (Å²) in [5.41, 5.74) is 1.16. The molecule has 2 nitrogen and oxygen atoms in total. The molecule has 0 bridgehead atoms. The fourth-order valence-electron chi connectivity index (χ4n) is 2.47. The Morgan fingerprint density at radius 3 is 2.47 bits per heavy atom. The van der Waals surface area contributed by atoms with Crippen LogP contribution in [0.3, 0.4) is 0 Å². The first-order valence-electron chi connectivity index (χ1n) is 5.97. The van der Waals surface area contributed by atoms with Gasteiger partial charge in [0.1, 0.15) is 31.8 Å². The maximum absolute atomic E-state index is 6.19. The average Bonchev–Trinajstić information content (AvgIpc) is 2.21. The molecule has 0 saturated carbocycles. The third-order valence-electron chi connectivity index (χ3n) is 3.07. The van der Waals surface area contributed by atoms with Crippen LogP contribution in [0, 0.1) is 0 Å². The van der Waals surface area contributed by atoms with Crippen molar-refractivity contribution >= 4 is 23.2 Å².